The maximum absolute atomic E-state index is 13.0. The summed E-state index contributed by atoms with van der Waals surface area (Å²) in [5.74, 6) is 0.827. The Hall–Kier alpha value is -1.94. The first-order chi connectivity index (χ1) is 44.1. The Morgan fingerprint density at radius 3 is 0.772 bits per heavy atom. The monoisotopic (exact) mass is 1350 g/mol. The quantitative estimate of drug-likeness (QED) is 0.0222. The van der Waals surface area contributed by atoms with E-state index < -0.39 is 97.5 Å². The molecule has 0 aromatic rings. The predicted molar refractivity (Wildman–Crippen MR) is 372 cm³/mol. The van der Waals surface area contributed by atoms with Crippen molar-refractivity contribution in [3.63, 3.8) is 0 Å². The van der Waals surface area contributed by atoms with Crippen LogP contribution in [0.5, 0.6) is 0 Å². The molecule has 0 bridgehead atoms. The van der Waals surface area contributed by atoms with Crippen molar-refractivity contribution in [2.45, 2.75) is 382 Å². The van der Waals surface area contributed by atoms with Gasteiger partial charge in [0.15, 0.2) is 12.2 Å². The fraction of sp³-hybridized carbons (Fsp3) is 0.945. The van der Waals surface area contributed by atoms with Crippen molar-refractivity contribution in [1.29, 1.82) is 0 Å². The van der Waals surface area contributed by atoms with Crippen LogP contribution in [0.1, 0.15) is 364 Å². The van der Waals surface area contributed by atoms with Crippen LogP contribution < -0.4 is 0 Å². The Balaban J connectivity index is 5.15. The Bertz CT molecular complexity index is 1820. The third kappa shape index (κ3) is 65.4. The summed E-state index contributed by atoms with van der Waals surface area (Å²) in [6, 6.07) is 0. The minimum absolute atomic E-state index is 0.101. The first-order valence-corrected chi connectivity index (χ1v) is 40.7. The largest absolute Gasteiger partial charge is 0.472 e. The summed E-state index contributed by atoms with van der Waals surface area (Å²) in [6.45, 7) is 14.0. The molecule has 0 fully saturated rings. The smallest absolute Gasteiger partial charge is 0.462 e. The summed E-state index contributed by atoms with van der Waals surface area (Å²) in [5, 5.41) is 10.6. The van der Waals surface area contributed by atoms with Gasteiger partial charge >= 0.3 is 39.5 Å². The van der Waals surface area contributed by atoms with Gasteiger partial charge in [-0.2, -0.15) is 0 Å². The third-order valence-corrected chi connectivity index (χ3v) is 19.1. The van der Waals surface area contributed by atoms with Gasteiger partial charge in [0, 0.05) is 25.7 Å². The Morgan fingerprint density at radius 2 is 0.522 bits per heavy atom. The predicted octanol–water partition coefficient (Wildman–Crippen LogP) is 20.9. The standard InChI is InChI=1S/C73H142O17P2/c1-9-66(8)52-44-36-30-32-40-48-56-73(78)90-69(60-84-71(76)54-46-38-31-29-35-43-51-65(6)7)62-88-92(81,82)86-58-67(74)57-85-91(79,80)87-61-68(89-72(77)55-47-39-28-24-20-22-26-34-42-50-64(4)5)59-83-70(75)53-45-37-27-23-19-17-15-13-11-10-12-14-16-18-21-25-33-41-49-63(2)3/h63-69,74H,9-62H2,1-8H3,(H,79,80)(H,81,82)/t66?,67-,68-,69-/m1/s1. The van der Waals surface area contributed by atoms with Crippen molar-refractivity contribution >= 4 is 39.5 Å². The van der Waals surface area contributed by atoms with Gasteiger partial charge in [-0.3, -0.25) is 37.3 Å². The molecule has 17 nitrogen and oxygen atoms in total. The van der Waals surface area contributed by atoms with Gasteiger partial charge < -0.3 is 33.8 Å². The number of phosphoric acid groups is 2. The zero-order valence-electron chi connectivity index (χ0n) is 60.2. The second kappa shape index (κ2) is 62.6. The number of hydrogen-bond donors (Lipinski definition) is 3. The number of aliphatic hydroxyl groups is 1. The van der Waals surface area contributed by atoms with Crippen molar-refractivity contribution in [2.75, 3.05) is 39.6 Å². The van der Waals surface area contributed by atoms with Crippen molar-refractivity contribution in [3.8, 4) is 0 Å². The van der Waals surface area contributed by atoms with Gasteiger partial charge in [-0.05, 0) is 49.4 Å². The molecular weight excluding hydrogens is 1210 g/mol. The maximum atomic E-state index is 13.0. The van der Waals surface area contributed by atoms with E-state index in [2.05, 4.69) is 55.4 Å². The first kappa shape index (κ1) is 90.1. The fourth-order valence-corrected chi connectivity index (χ4v) is 12.6. The molecule has 19 heteroatoms. The van der Waals surface area contributed by atoms with Crippen LogP contribution >= 0.6 is 15.6 Å². The van der Waals surface area contributed by atoms with Crippen LogP contribution in [0.15, 0.2) is 0 Å². The molecule has 0 heterocycles. The lowest BCUT2D eigenvalue weighted by Gasteiger charge is -2.21. The summed E-state index contributed by atoms with van der Waals surface area (Å²) < 4.78 is 68.3. The highest BCUT2D eigenvalue weighted by Gasteiger charge is 2.30. The molecule has 0 aliphatic heterocycles. The summed E-state index contributed by atoms with van der Waals surface area (Å²) in [6.07, 6.45) is 46.2. The van der Waals surface area contributed by atoms with Crippen LogP contribution in [0.3, 0.4) is 0 Å². The Morgan fingerprint density at radius 1 is 0.304 bits per heavy atom. The van der Waals surface area contributed by atoms with Crippen LogP contribution in [0, 0.1) is 23.7 Å². The van der Waals surface area contributed by atoms with Gasteiger partial charge in [0.1, 0.15) is 19.3 Å². The number of esters is 4. The highest BCUT2D eigenvalue weighted by atomic mass is 31.2. The van der Waals surface area contributed by atoms with Crippen LogP contribution in [0.25, 0.3) is 0 Å². The van der Waals surface area contributed by atoms with E-state index in [1.165, 1.54) is 161 Å². The number of carbonyl (C=O) groups excluding carboxylic acids is 4. The van der Waals surface area contributed by atoms with Gasteiger partial charge in [-0.15, -0.1) is 0 Å². The Kier molecular flexibility index (Phi) is 61.3. The van der Waals surface area contributed by atoms with E-state index in [-0.39, 0.29) is 25.7 Å². The zero-order valence-corrected chi connectivity index (χ0v) is 62.0. The number of hydrogen-bond acceptors (Lipinski definition) is 15. The van der Waals surface area contributed by atoms with Gasteiger partial charge in [-0.1, -0.05) is 312 Å². The van der Waals surface area contributed by atoms with Crippen molar-refractivity contribution in [3.05, 3.63) is 0 Å². The summed E-state index contributed by atoms with van der Waals surface area (Å²) in [7, 11) is -9.90. The molecule has 92 heavy (non-hydrogen) atoms. The van der Waals surface area contributed by atoms with Crippen molar-refractivity contribution in [2.24, 2.45) is 23.7 Å². The van der Waals surface area contributed by atoms with Gasteiger partial charge in [0.05, 0.1) is 26.4 Å². The average Bonchev–Trinajstić information content (AvgIpc) is 3.56. The molecule has 6 atom stereocenters. The van der Waals surface area contributed by atoms with E-state index >= 15 is 0 Å². The summed E-state index contributed by atoms with van der Waals surface area (Å²) in [4.78, 5) is 72.5. The molecule has 3 N–H and O–H groups in total. The van der Waals surface area contributed by atoms with Crippen molar-refractivity contribution in [1.82, 2.24) is 0 Å². The molecule has 0 aromatic carbocycles. The average molecular weight is 1350 g/mol. The van der Waals surface area contributed by atoms with Crippen LogP contribution in [0.4, 0.5) is 0 Å². The SMILES string of the molecule is CCC(C)CCCCCCCCC(=O)O[C@H](COC(=O)CCCCCCCCC(C)C)COP(=O)(O)OC[C@H](O)COP(=O)(O)OC[C@@H](COC(=O)CCCCCCCCCCCCCCCCCCCCC(C)C)OC(=O)CCCCCCCCCCCC(C)C. The molecule has 0 aromatic heterocycles. The van der Waals surface area contributed by atoms with Gasteiger partial charge in [0.2, 0.25) is 0 Å². The lowest BCUT2D eigenvalue weighted by molar-refractivity contribution is -0.161. The van der Waals surface area contributed by atoms with E-state index in [0.29, 0.717) is 31.6 Å². The molecule has 0 saturated heterocycles. The molecule has 0 radical (unpaired) electrons. The number of unbranched alkanes of at least 4 members (excludes halogenated alkanes) is 35. The highest BCUT2D eigenvalue weighted by Crippen LogP contribution is 2.45. The number of rotatable bonds is 70. The molecule has 0 saturated carbocycles. The van der Waals surface area contributed by atoms with E-state index in [0.717, 1.165) is 114 Å². The van der Waals surface area contributed by atoms with Crippen LogP contribution in [0.2, 0.25) is 0 Å². The molecular formula is C73H142O17P2. The van der Waals surface area contributed by atoms with E-state index in [1.807, 2.05) is 0 Å². The molecule has 546 valence electrons. The molecule has 0 aliphatic carbocycles. The maximum Gasteiger partial charge on any atom is 0.472 e. The van der Waals surface area contributed by atoms with E-state index in [9.17, 15) is 43.2 Å². The number of ether oxygens (including phenoxy) is 4. The van der Waals surface area contributed by atoms with Crippen molar-refractivity contribution < 1.29 is 80.2 Å². The normalized spacial score (nSPS) is 14.5. The minimum Gasteiger partial charge on any atom is -0.462 e. The van der Waals surface area contributed by atoms with Crippen LogP contribution in [-0.4, -0.2) is 96.7 Å². The minimum atomic E-state index is -4.95. The van der Waals surface area contributed by atoms with E-state index in [4.69, 9.17) is 37.0 Å². The lowest BCUT2D eigenvalue weighted by Crippen LogP contribution is -2.30. The first-order valence-electron chi connectivity index (χ1n) is 37.7. The number of phosphoric ester groups is 2. The second-order valence-electron chi connectivity index (χ2n) is 28.0. The topological polar surface area (TPSA) is 237 Å². The molecule has 3 unspecified atom stereocenters. The summed E-state index contributed by atoms with van der Waals surface area (Å²) in [5.41, 5.74) is 0. The molecule has 0 amide bonds. The summed E-state index contributed by atoms with van der Waals surface area (Å²) >= 11 is 0. The van der Waals surface area contributed by atoms with Crippen LogP contribution in [-0.2, 0) is 65.4 Å². The molecule has 0 aliphatic rings. The number of aliphatic hydroxyl groups excluding tert-OH is 1. The van der Waals surface area contributed by atoms with Gasteiger partial charge in [0.25, 0.3) is 0 Å². The van der Waals surface area contributed by atoms with Gasteiger partial charge in [-0.25, -0.2) is 9.13 Å². The lowest BCUT2D eigenvalue weighted by atomic mass is 10.00. The highest BCUT2D eigenvalue weighted by molar-refractivity contribution is 7.47. The fourth-order valence-electron chi connectivity index (χ4n) is 11.0. The number of carbonyl (C=O) groups is 4. The second-order valence-corrected chi connectivity index (χ2v) is 30.9. The molecule has 0 rings (SSSR count). The van der Waals surface area contributed by atoms with E-state index in [1.54, 1.807) is 0 Å². The molecule has 0 spiro atoms. The third-order valence-electron chi connectivity index (χ3n) is 17.2. The Labute approximate surface area is 562 Å². The zero-order chi connectivity index (χ0) is 68.2.